The standard InChI is InChI=1S/C11H13BrClN5O3S2/c1-5(4-19)16-10-6(12)3-15-11(18-10)17-7-2-8(22-9(7)13)23(14,20)21/h2-3,5,19H,4H2,1H3,(H2,14,20,21)(H2,15,16,17,18)/t5-/m1/s1. The highest BCUT2D eigenvalue weighted by molar-refractivity contribution is 9.10. The molecule has 0 fully saturated rings. The molecule has 0 saturated carbocycles. The van der Waals surface area contributed by atoms with Gasteiger partial charge in [-0.3, -0.25) is 0 Å². The van der Waals surface area contributed by atoms with E-state index in [1.54, 1.807) is 6.92 Å². The molecular weight excluding hydrogens is 430 g/mol. The molecule has 0 aliphatic heterocycles. The molecule has 0 aromatic carbocycles. The molecule has 1 atom stereocenters. The molecular formula is C11H13BrClN5O3S2. The van der Waals surface area contributed by atoms with Crippen LogP contribution in [-0.2, 0) is 10.0 Å². The summed E-state index contributed by atoms with van der Waals surface area (Å²) in [5.41, 5.74) is 0.337. The van der Waals surface area contributed by atoms with Crippen LogP contribution in [0.2, 0.25) is 4.34 Å². The number of halogens is 2. The highest BCUT2D eigenvalue weighted by Crippen LogP contribution is 2.35. The van der Waals surface area contributed by atoms with Crippen molar-refractivity contribution in [2.45, 2.75) is 17.2 Å². The lowest BCUT2D eigenvalue weighted by atomic mass is 10.3. The normalized spacial score (nSPS) is 12.9. The molecule has 0 saturated heterocycles. The maximum atomic E-state index is 11.3. The van der Waals surface area contributed by atoms with Gasteiger partial charge in [0.2, 0.25) is 16.0 Å². The van der Waals surface area contributed by atoms with Crippen LogP contribution in [0, 0.1) is 0 Å². The quantitative estimate of drug-likeness (QED) is 0.539. The molecule has 0 aliphatic rings. The number of nitrogens with zero attached hydrogens (tertiary/aromatic N) is 2. The molecule has 12 heteroatoms. The van der Waals surface area contributed by atoms with Crippen LogP contribution < -0.4 is 15.8 Å². The largest absolute Gasteiger partial charge is 0.394 e. The number of hydrogen-bond acceptors (Lipinski definition) is 8. The first-order valence-corrected chi connectivity index (χ1v) is 9.73. The summed E-state index contributed by atoms with van der Waals surface area (Å²) < 4.78 is 23.4. The molecule has 0 radical (unpaired) electrons. The van der Waals surface area contributed by atoms with Crippen LogP contribution in [0.25, 0.3) is 0 Å². The van der Waals surface area contributed by atoms with Gasteiger partial charge in [-0.25, -0.2) is 18.5 Å². The summed E-state index contributed by atoms with van der Waals surface area (Å²) in [6.45, 7) is 1.73. The van der Waals surface area contributed by atoms with Crippen molar-refractivity contribution in [3.8, 4) is 0 Å². The minimum atomic E-state index is -3.83. The lowest BCUT2D eigenvalue weighted by molar-refractivity contribution is 0.281. The average molecular weight is 443 g/mol. The second-order valence-corrected chi connectivity index (χ2v) is 8.84. The van der Waals surface area contributed by atoms with E-state index in [-0.39, 0.29) is 27.1 Å². The Bertz CT molecular complexity index is 814. The van der Waals surface area contributed by atoms with Gasteiger partial charge in [-0.15, -0.1) is 11.3 Å². The van der Waals surface area contributed by atoms with Crippen molar-refractivity contribution >= 4 is 66.3 Å². The van der Waals surface area contributed by atoms with Gasteiger partial charge >= 0.3 is 0 Å². The molecule has 2 heterocycles. The predicted octanol–water partition coefficient (Wildman–Crippen LogP) is 2.14. The van der Waals surface area contributed by atoms with Crippen molar-refractivity contribution in [3.05, 3.63) is 21.1 Å². The van der Waals surface area contributed by atoms with Gasteiger partial charge in [0.05, 0.1) is 16.8 Å². The number of aliphatic hydroxyl groups is 1. The molecule has 2 aromatic heterocycles. The van der Waals surface area contributed by atoms with Crippen LogP contribution in [-0.4, -0.2) is 36.1 Å². The van der Waals surface area contributed by atoms with E-state index in [1.807, 2.05) is 0 Å². The third kappa shape index (κ3) is 4.75. The topological polar surface area (TPSA) is 130 Å². The SMILES string of the molecule is C[C@H](CO)Nc1nc(Nc2cc(S(N)(=O)=O)sc2Cl)ncc1Br. The summed E-state index contributed by atoms with van der Waals surface area (Å²) in [6.07, 6.45) is 1.52. The fourth-order valence-corrected chi connectivity index (χ4v) is 3.86. The Morgan fingerprint density at radius 1 is 1.57 bits per heavy atom. The first kappa shape index (κ1) is 18.4. The monoisotopic (exact) mass is 441 g/mol. The Morgan fingerprint density at radius 2 is 2.26 bits per heavy atom. The zero-order chi connectivity index (χ0) is 17.2. The first-order valence-electron chi connectivity index (χ1n) is 6.19. The second-order valence-electron chi connectivity index (χ2n) is 4.54. The summed E-state index contributed by atoms with van der Waals surface area (Å²) >= 11 is 10.1. The highest BCUT2D eigenvalue weighted by atomic mass is 79.9. The van der Waals surface area contributed by atoms with Crippen molar-refractivity contribution < 1.29 is 13.5 Å². The third-order valence-corrected chi connectivity index (χ3v) is 5.95. The molecule has 126 valence electrons. The van der Waals surface area contributed by atoms with Crippen LogP contribution >= 0.6 is 38.9 Å². The maximum Gasteiger partial charge on any atom is 0.247 e. The Morgan fingerprint density at radius 3 is 2.83 bits per heavy atom. The third-order valence-electron chi connectivity index (χ3n) is 2.59. The van der Waals surface area contributed by atoms with Crippen molar-refractivity contribution in [2.24, 2.45) is 5.14 Å². The fourth-order valence-electron chi connectivity index (χ4n) is 1.50. The lowest BCUT2D eigenvalue weighted by Gasteiger charge is -2.13. The minimum Gasteiger partial charge on any atom is -0.394 e. The van der Waals surface area contributed by atoms with Gasteiger partial charge in [-0.05, 0) is 28.9 Å². The van der Waals surface area contributed by atoms with Crippen molar-refractivity contribution in [2.75, 3.05) is 17.2 Å². The van der Waals surface area contributed by atoms with Gasteiger partial charge in [0.1, 0.15) is 14.4 Å². The van der Waals surface area contributed by atoms with E-state index < -0.39 is 10.0 Å². The average Bonchev–Trinajstić information content (AvgIpc) is 2.84. The van der Waals surface area contributed by atoms with Crippen LogP contribution in [0.5, 0.6) is 0 Å². The van der Waals surface area contributed by atoms with Gasteiger partial charge in [0, 0.05) is 12.2 Å². The molecule has 0 amide bonds. The van der Waals surface area contributed by atoms with E-state index in [2.05, 4.69) is 36.5 Å². The highest BCUT2D eigenvalue weighted by Gasteiger charge is 2.17. The number of sulfonamides is 1. The Labute approximate surface area is 150 Å². The number of primary sulfonamides is 1. The summed E-state index contributed by atoms with van der Waals surface area (Å²) in [7, 11) is -3.83. The molecule has 23 heavy (non-hydrogen) atoms. The summed E-state index contributed by atoms with van der Waals surface area (Å²) in [6, 6.07) is 1.12. The lowest BCUT2D eigenvalue weighted by Crippen LogP contribution is -2.20. The molecule has 0 unspecified atom stereocenters. The van der Waals surface area contributed by atoms with Crippen LogP contribution in [0.4, 0.5) is 17.5 Å². The summed E-state index contributed by atoms with van der Waals surface area (Å²) in [5, 5.41) is 20.0. The van der Waals surface area contributed by atoms with E-state index in [9.17, 15) is 8.42 Å². The zero-order valence-corrected chi connectivity index (χ0v) is 15.7. The number of aromatic nitrogens is 2. The fraction of sp³-hybridized carbons (Fsp3) is 0.273. The van der Waals surface area contributed by atoms with Gasteiger partial charge in [0.15, 0.2) is 0 Å². The summed E-state index contributed by atoms with van der Waals surface area (Å²) in [4.78, 5) is 8.32. The molecule has 5 N–H and O–H groups in total. The number of rotatable bonds is 6. The van der Waals surface area contributed by atoms with Gasteiger partial charge < -0.3 is 15.7 Å². The Hall–Kier alpha value is -0.980. The van der Waals surface area contributed by atoms with Crippen molar-refractivity contribution in [1.82, 2.24) is 9.97 Å². The number of thiophene rings is 1. The molecule has 2 aromatic rings. The van der Waals surface area contributed by atoms with E-state index in [1.165, 1.54) is 12.3 Å². The number of anilines is 3. The van der Waals surface area contributed by atoms with E-state index in [4.69, 9.17) is 21.8 Å². The first-order chi connectivity index (χ1) is 10.7. The molecule has 0 bridgehead atoms. The number of hydrogen-bond donors (Lipinski definition) is 4. The molecule has 8 nitrogen and oxygen atoms in total. The smallest absolute Gasteiger partial charge is 0.247 e. The van der Waals surface area contributed by atoms with Gasteiger partial charge in [-0.2, -0.15) is 4.98 Å². The number of nitrogens with one attached hydrogen (secondary N) is 2. The van der Waals surface area contributed by atoms with Crippen molar-refractivity contribution in [3.63, 3.8) is 0 Å². The van der Waals surface area contributed by atoms with Gasteiger partial charge in [0.25, 0.3) is 0 Å². The van der Waals surface area contributed by atoms with E-state index in [0.29, 0.717) is 16.0 Å². The van der Waals surface area contributed by atoms with E-state index >= 15 is 0 Å². The summed E-state index contributed by atoms with van der Waals surface area (Å²) in [5.74, 6) is 0.684. The zero-order valence-electron chi connectivity index (χ0n) is 11.7. The van der Waals surface area contributed by atoms with Gasteiger partial charge in [-0.1, -0.05) is 11.6 Å². The Balaban J connectivity index is 2.27. The maximum absolute atomic E-state index is 11.3. The minimum absolute atomic E-state index is 0.0608. The number of aliphatic hydroxyl groups excluding tert-OH is 1. The second kappa shape index (κ2) is 7.28. The Kier molecular flexibility index (Phi) is 5.81. The molecule has 2 rings (SSSR count). The van der Waals surface area contributed by atoms with Crippen molar-refractivity contribution in [1.29, 1.82) is 0 Å². The molecule has 0 aliphatic carbocycles. The number of nitrogens with two attached hydrogens (primary N) is 1. The molecule has 0 spiro atoms. The predicted molar refractivity (Wildman–Crippen MR) is 93.9 cm³/mol. The van der Waals surface area contributed by atoms with E-state index in [0.717, 1.165) is 11.3 Å². The van der Waals surface area contributed by atoms with Crippen LogP contribution in [0.3, 0.4) is 0 Å². The van der Waals surface area contributed by atoms with Crippen LogP contribution in [0.15, 0.2) is 20.9 Å². The van der Waals surface area contributed by atoms with Crippen LogP contribution in [0.1, 0.15) is 6.92 Å².